The molecule has 1 unspecified atom stereocenters. The summed E-state index contributed by atoms with van der Waals surface area (Å²) in [5.41, 5.74) is -0.294. The van der Waals surface area contributed by atoms with Gasteiger partial charge in [0.1, 0.15) is 6.54 Å². The van der Waals surface area contributed by atoms with Gasteiger partial charge in [0, 0.05) is 31.6 Å². The lowest BCUT2D eigenvalue weighted by Gasteiger charge is -2.12. The third-order valence-electron chi connectivity index (χ3n) is 2.35. The Bertz CT molecular complexity index is 418. The lowest BCUT2D eigenvalue weighted by Crippen LogP contribution is -2.30. The minimum Gasteiger partial charge on any atom is -0.383 e. The van der Waals surface area contributed by atoms with E-state index >= 15 is 0 Å². The fourth-order valence-electron chi connectivity index (χ4n) is 1.42. The molecule has 0 spiro atoms. The Hall–Kier alpha value is -1.54. The molecule has 0 aliphatic carbocycles. The molecular weight excluding hydrogens is 265 g/mol. The molecule has 2 N–H and O–H groups in total. The summed E-state index contributed by atoms with van der Waals surface area (Å²) in [5.74, 6) is -0.347. The van der Waals surface area contributed by atoms with Crippen LogP contribution in [0.4, 0.5) is 13.2 Å². The monoisotopic (exact) mass is 280 g/mol. The maximum absolute atomic E-state index is 12.3. The van der Waals surface area contributed by atoms with E-state index in [1.165, 1.54) is 17.9 Å². The van der Waals surface area contributed by atoms with Gasteiger partial charge in [0.15, 0.2) is 6.10 Å². The number of carbonyl (C=O) groups is 1. The van der Waals surface area contributed by atoms with Crippen LogP contribution in [-0.2, 0) is 16.1 Å². The highest BCUT2D eigenvalue weighted by atomic mass is 19.4. The molecule has 1 atom stereocenters. The van der Waals surface area contributed by atoms with Gasteiger partial charge in [-0.25, -0.2) is 0 Å². The number of carbonyl (C=O) groups excluding carboxylic acids is 1. The van der Waals surface area contributed by atoms with E-state index in [0.717, 1.165) is 12.3 Å². The summed E-state index contributed by atoms with van der Waals surface area (Å²) in [7, 11) is 1.49. The average molecular weight is 280 g/mol. The fourth-order valence-corrected chi connectivity index (χ4v) is 1.42. The number of hydrogen-bond acceptors (Lipinski definition) is 3. The van der Waals surface area contributed by atoms with Gasteiger partial charge < -0.3 is 19.7 Å². The Kier molecular flexibility index (Phi) is 5.37. The van der Waals surface area contributed by atoms with Gasteiger partial charge in [0.2, 0.25) is 5.91 Å². The van der Waals surface area contributed by atoms with Crippen LogP contribution in [0.25, 0.3) is 0 Å². The van der Waals surface area contributed by atoms with Gasteiger partial charge in [0.25, 0.3) is 0 Å². The molecule has 1 heterocycles. The molecule has 1 amide bonds. The van der Waals surface area contributed by atoms with E-state index < -0.39 is 12.3 Å². The summed E-state index contributed by atoms with van der Waals surface area (Å²) in [6.07, 6.45) is -4.86. The average Bonchev–Trinajstić information content (AvgIpc) is 2.75. The van der Waals surface area contributed by atoms with Crippen molar-refractivity contribution in [3.8, 4) is 0 Å². The zero-order valence-corrected chi connectivity index (χ0v) is 10.3. The van der Waals surface area contributed by atoms with Crippen LogP contribution >= 0.6 is 0 Å². The number of alkyl halides is 3. The smallest absolute Gasteiger partial charge is 0.383 e. The lowest BCUT2D eigenvalue weighted by atomic mass is 10.2. The maximum atomic E-state index is 12.3. The van der Waals surface area contributed by atoms with Gasteiger partial charge in [-0.2, -0.15) is 13.2 Å². The second-order valence-corrected chi connectivity index (χ2v) is 3.90. The number of nitrogens with one attached hydrogen (secondary N) is 1. The van der Waals surface area contributed by atoms with Crippen molar-refractivity contribution in [1.82, 2.24) is 9.88 Å². The third kappa shape index (κ3) is 4.92. The summed E-state index contributed by atoms with van der Waals surface area (Å²) in [4.78, 5) is 11.4. The molecule has 5 nitrogen and oxygen atoms in total. The Morgan fingerprint density at radius 2 is 2.26 bits per heavy atom. The van der Waals surface area contributed by atoms with Crippen LogP contribution in [0.5, 0.6) is 0 Å². The van der Waals surface area contributed by atoms with Crippen molar-refractivity contribution in [3.05, 3.63) is 24.0 Å². The minimum absolute atomic E-state index is 0.117. The van der Waals surface area contributed by atoms with Gasteiger partial charge in [-0.1, -0.05) is 0 Å². The van der Waals surface area contributed by atoms with Crippen LogP contribution in [0.2, 0.25) is 0 Å². The first-order valence-corrected chi connectivity index (χ1v) is 5.50. The predicted molar refractivity (Wildman–Crippen MR) is 60.3 cm³/mol. The van der Waals surface area contributed by atoms with Crippen LogP contribution in [0.1, 0.15) is 11.7 Å². The van der Waals surface area contributed by atoms with E-state index in [1.54, 1.807) is 0 Å². The molecule has 8 heteroatoms. The number of hydrogen-bond donors (Lipinski definition) is 2. The van der Waals surface area contributed by atoms with Crippen molar-refractivity contribution >= 4 is 5.91 Å². The van der Waals surface area contributed by atoms with Crippen LogP contribution in [0.15, 0.2) is 18.5 Å². The van der Waals surface area contributed by atoms with E-state index in [0.29, 0.717) is 13.2 Å². The molecule has 0 saturated carbocycles. The highest BCUT2D eigenvalue weighted by Gasteiger charge is 2.39. The normalized spacial score (nSPS) is 13.3. The first-order valence-electron chi connectivity index (χ1n) is 5.50. The van der Waals surface area contributed by atoms with Crippen molar-refractivity contribution in [2.24, 2.45) is 0 Å². The Morgan fingerprint density at radius 3 is 2.84 bits per heavy atom. The molecule has 1 rings (SSSR count). The maximum Gasteiger partial charge on any atom is 0.418 e. The number of rotatable bonds is 6. The van der Waals surface area contributed by atoms with Gasteiger partial charge in [0.05, 0.1) is 6.61 Å². The lowest BCUT2D eigenvalue weighted by molar-refractivity contribution is -0.206. The van der Waals surface area contributed by atoms with Crippen molar-refractivity contribution in [2.45, 2.75) is 18.8 Å². The number of nitrogens with zero attached hydrogens (tertiary/aromatic N) is 1. The van der Waals surface area contributed by atoms with E-state index in [1.807, 2.05) is 0 Å². The summed E-state index contributed by atoms with van der Waals surface area (Å²) < 4.78 is 42.8. The van der Waals surface area contributed by atoms with Crippen molar-refractivity contribution < 1.29 is 27.8 Å². The van der Waals surface area contributed by atoms with Crippen molar-refractivity contribution in [1.29, 1.82) is 0 Å². The largest absolute Gasteiger partial charge is 0.418 e. The molecule has 0 aliphatic rings. The first-order chi connectivity index (χ1) is 8.84. The molecule has 19 heavy (non-hydrogen) atoms. The number of aliphatic hydroxyl groups is 1. The van der Waals surface area contributed by atoms with Crippen molar-refractivity contribution in [2.75, 3.05) is 20.3 Å². The van der Waals surface area contributed by atoms with Gasteiger partial charge in [-0.3, -0.25) is 4.79 Å². The SMILES string of the molecule is COCCNC(=O)Cn1ccc(C(O)C(F)(F)F)c1. The molecule has 0 aromatic carbocycles. The topological polar surface area (TPSA) is 63.5 Å². The molecule has 0 aliphatic heterocycles. The zero-order chi connectivity index (χ0) is 14.5. The van der Waals surface area contributed by atoms with Crippen LogP contribution in [-0.4, -0.2) is 42.0 Å². The summed E-state index contributed by atoms with van der Waals surface area (Å²) in [5, 5.41) is 11.6. The number of aromatic nitrogens is 1. The number of methoxy groups -OCH3 is 1. The quantitative estimate of drug-likeness (QED) is 0.759. The van der Waals surface area contributed by atoms with Gasteiger partial charge in [-0.05, 0) is 6.07 Å². The third-order valence-corrected chi connectivity index (χ3v) is 2.35. The first kappa shape index (κ1) is 15.5. The second kappa shape index (κ2) is 6.58. The fraction of sp³-hybridized carbons (Fsp3) is 0.545. The van der Waals surface area contributed by atoms with Crippen molar-refractivity contribution in [3.63, 3.8) is 0 Å². The molecule has 0 fully saturated rings. The summed E-state index contributed by atoms with van der Waals surface area (Å²) >= 11 is 0. The van der Waals surface area contributed by atoms with Crippen LogP contribution in [0.3, 0.4) is 0 Å². The summed E-state index contributed by atoms with van der Waals surface area (Å²) in [6, 6.07) is 1.13. The number of aliphatic hydroxyl groups excluding tert-OH is 1. The number of halogens is 3. The van der Waals surface area contributed by atoms with Gasteiger partial charge in [-0.15, -0.1) is 0 Å². The Balaban J connectivity index is 2.53. The Morgan fingerprint density at radius 1 is 1.58 bits per heavy atom. The van der Waals surface area contributed by atoms with E-state index in [4.69, 9.17) is 9.84 Å². The molecule has 0 bridgehead atoms. The van der Waals surface area contributed by atoms with E-state index in [-0.39, 0.29) is 18.0 Å². The van der Waals surface area contributed by atoms with Crippen LogP contribution in [0, 0.1) is 0 Å². The predicted octanol–water partition coefficient (Wildman–Crippen LogP) is 0.846. The molecule has 0 saturated heterocycles. The molecule has 108 valence electrons. The zero-order valence-electron chi connectivity index (χ0n) is 10.3. The molecule has 1 aromatic rings. The highest BCUT2D eigenvalue weighted by molar-refractivity contribution is 5.75. The second-order valence-electron chi connectivity index (χ2n) is 3.90. The summed E-state index contributed by atoms with van der Waals surface area (Å²) in [6.45, 7) is 0.568. The Labute approximate surface area is 108 Å². The highest BCUT2D eigenvalue weighted by Crippen LogP contribution is 2.32. The van der Waals surface area contributed by atoms with E-state index in [9.17, 15) is 18.0 Å². The standard InChI is InChI=1S/C11H15F3N2O3/c1-19-5-3-15-9(17)7-16-4-2-8(6-16)10(18)11(12,13)14/h2,4,6,10,18H,3,5,7H2,1H3,(H,15,17). The molecule has 1 aromatic heterocycles. The van der Waals surface area contributed by atoms with Gasteiger partial charge >= 0.3 is 6.18 Å². The van der Waals surface area contributed by atoms with E-state index in [2.05, 4.69) is 5.32 Å². The number of amides is 1. The number of ether oxygens (including phenoxy) is 1. The molecular formula is C11H15F3N2O3. The minimum atomic E-state index is -4.72. The van der Waals surface area contributed by atoms with Crippen LogP contribution < -0.4 is 5.32 Å². The molecule has 0 radical (unpaired) electrons.